The average molecular weight is 1140 g/mol. The smallest absolute Gasteiger partial charge is 0.306 e. The van der Waals surface area contributed by atoms with E-state index in [1.165, 1.54) is 270 Å². The van der Waals surface area contributed by atoms with Crippen LogP contribution in [0.1, 0.15) is 393 Å². The van der Waals surface area contributed by atoms with E-state index >= 15 is 0 Å². The first kappa shape index (κ1) is 78.4. The number of unbranched alkanes of at least 4 members (excludes halogenated alkanes) is 48. The van der Waals surface area contributed by atoms with E-state index in [1.807, 2.05) is 0 Å². The van der Waals surface area contributed by atoms with Crippen molar-refractivity contribution in [2.45, 2.75) is 399 Å². The van der Waals surface area contributed by atoms with Crippen LogP contribution in [0, 0.1) is 0 Å². The Bertz CT molecular complexity index is 1400. The van der Waals surface area contributed by atoms with Crippen molar-refractivity contribution in [2.75, 3.05) is 13.2 Å². The Kier molecular flexibility index (Phi) is 67.6. The average Bonchev–Trinajstić information content (AvgIpc) is 3.47. The third-order valence-corrected chi connectivity index (χ3v) is 16.3. The number of rotatable bonds is 67. The lowest BCUT2D eigenvalue weighted by atomic mass is 10.0. The summed E-state index contributed by atoms with van der Waals surface area (Å²) in [6.07, 6.45) is 88.5. The second kappa shape index (κ2) is 69.9. The van der Waals surface area contributed by atoms with Gasteiger partial charge in [-0.1, -0.05) is 365 Å². The van der Waals surface area contributed by atoms with Crippen LogP contribution in [-0.4, -0.2) is 37.2 Å². The standard InChI is InChI=1S/C75H138O6/c1-4-7-10-13-16-19-22-25-28-31-34-36-38-40-41-44-47-50-53-56-59-62-65-68-74(77)80-71-72(70-79-73(76)67-64-61-58-55-52-49-46-43-33-30-27-24-21-18-15-12-9-6-3)81-75(78)69-66-63-60-57-54-51-48-45-42-39-37-35-32-29-26-23-20-17-14-11-8-5-2/h7,10,16,19,25,28,34,36,72H,4-6,8-9,11-15,17-18,20-24,26-27,29-33,35,37-71H2,1-3H3/b10-7-,19-16-,28-25-,36-34-. The number of hydrogen-bond donors (Lipinski definition) is 0. The molecule has 0 saturated heterocycles. The maximum atomic E-state index is 13.0. The fourth-order valence-electron chi connectivity index (χ4n) is 11.0. The zero-order valence-electron chi connectivity index (χ0n) is 54.6. The van der Waals surface area contributed by atoms with Gasteiger partial charge < -0.3 is 14.2 Å². The summed E-state index contributed by atoms with van der Waals surface area (Å²) in [6.45, 7) is 6.61. The van der Waals surface area contributed by atoms with Crippen molar-refractivity contribution in [2.24, 2.45) is 0 Å². The second-order valence-electron chi connectivity index (χ2n) is 24.5. The molecule has 0 radical (unpaired) electrons. The minimum Gasteiger partial charge on any atom is -0.462 e. The fourth-order valence-corrected chi connectivity index (χ4v) is 11.0. The van der Waals surface area contributed by atoms with Crippen LogP contribution in [0.25, 0.3) is 0 Å². The molecule has 6 heteroatoms. The Balaban J connectivity index is 4.31. The Hall–Kier alpha value is -2.63. The van der Waals surface area contributed by atoms with Gasteiger partial charge in [0.05, 0.1) is 0 Å². The van der Waals surface area contributed by atoms with Gasteiger partial charge in [-0.05, 0) is 57.8 Å². The molecule has 81 heavy (non-hydrogen) atoms. The highest BCUT2D eigenvalue weighted by Gasteiger charge is 2.19. The van der Waals surface area contributed by atoms with Gasteiger partial charge in [0, 0.05) is 19.3 Å². The zero-order chi connectivity index (χ0) is 58.5. The van der Waals surface area contributed by atoms with Gasteiger partial charge in [0.25, 0.3) is 0 Å². The highest BCUT2D eigenvalue weighted by Crippen LogP contribution is 2.19. The van der Waals surface area contributed by atoms with E-state index in [-0.39, 0.29) is 31.1 Å². The summed E-state index contributed by atoms with van der Waals surface area (Å²) in [7, 11) is 0. The first-order valence-corrected chi connectivity index (χ1v) is 36.1. The normalized spacial score (nSPS) is 12.3. The number of ether oxygens (including phenoxy) is 3. The molecule has 0 aromatic carbocycles. The van der Waals surface area contributed by atoms with Crippen molar-refractivity contribution in [3.05, 3.63) is 48.6 Å². The first-order chi connectivity index (χ1) is 40.0. The molecule has 0 bridgehead atoms. The number of esters is 3. The predicted octanol–water partition coefficient (Wildman–Crippen LogP) is 24.9. The minimum absolute atomic E-state index is 0.0679. The van der Waals surface area contributed by atoms with Crippen LogP contribution in [0.3, 0.4) is 0 Å². The van der Waals surface area contributed by atoms with E-state index in [0.717, 1.165) is 83.5 Å². The third-order valence-electron chi connectivity index (χ3n) is 16.3. The molecule has 1 atom stereocenters. The molecule has 0 aromatic heterocycles. The topological polar surface area (TPSA) is 78.9 Å². The lowest BCUT2D eigenvalue weighted by molar-refractivity contribution is -0.167. The molecule has 0 saturated carbocycles. The van der Waals surface area contributed by atoms with E-state index in [4.69, 9.17) is 14.2 Å². The number of hydrogen-bond acceptors (Lipinski definition) is 6. The second-order valence-corrected chi connectivity index (χ2v) is 24.5. The van der Waals surface area contributed by atoms with Crippen LogP contribution < -0.4 is 0 Å². The van der Waals surface area contributed by atoms with Gasteiger partial charge in [0.15, 0.2) is 6.10 Å². The highest BCUT2D eigenvalue weighted by molar-refractivity contribution is 5.71. The van der Waals surface area contributed by atoms with E-state index in [2.05, 4.69) is 69.4 Å². The van der Waals surface area contributed by atoms with Crippen molar-refractivity contribution in [3.8, 4) is 0 Å². The molecule has 0 rings (SSSR count). The molecular weight excluding hydrogens is 997 g/mol. The summed E-state index contributed by atoms with van der Waals surface area (Å²) in [5.41, 5.74) is 0. The lowest BCUT2D eigenvalue weighted by Crippen LogP contribution is -2.30. The summed E-state index contributed by atoms with van der Waals surface area (Å²) in [6, 6.07) is 0. The number of allylic oxidation sites excluding steroid dienone is 8. The number of carbonyl (C=O) groups excluding carboxylic acids is 3. The van der Waals surface area contributed by atoms with Crippen molar-refractivity contribution < 1.29 is 28.6 Å². The molecule has 1 unspecified atom stereocenters. The van der Waals surface area contributed by atoms with Crippen molar-refractivity contribution >= 4 is 17.9 Å². The summed E-state index contributed by atoms with van der Waals surface area (Å²) in [5.74, 6) is -0.840. The van der Waals surface area contributed by atoms with E-state index < -0.39 is 6.10 Å². The van der Waals surface area contributed by atoms with Gasteiger partial charge in [-0.15, -0.1) is 0 Å². The Morgan fingerprint density at radius 3 is 0.753 bits per heavy atom. The monoisotopic (exact) mass is 1140 g/mol. The van der Waals surface area contributed by atoms with Crippen molar-refractivity contribution in [1.29, 1.82) is 0 Å². The molecule has 0 aliphatic heterocycles. The van der Waals surface area contributed by atoms with Gasteiger partial charge >= 0.3 is 17.9 Å². The van der Waals surface area contributed by atoms with Crippen LogP contribution in [0.4, 0.5) is 0 Å². The maximum Gasteiger partial charge on any atom is 0.306 e. The molecule has 0 N–H and O–H groups in total. The quantitative estimate of drug-likeness (QED) is 0.0261. The summed E-state index contributed by atoms with van der Waals surface area (Å²) in [4.78, 5) is 38.5. The maximum absolute atomic E-state index is 13.0. The van der Waals surface area contributed by atoms with Crippen molar-refractivity contribution in [1.82, 2.24) is 0 Å². The van der Waals surface area contributed by atoms with Crippen LogP contribution in [0.5, 0.6) is 0 Å². The Morgan fingerprint density at radius 2 is 0.481 bits per heavy atom. The summed E-state index contributed by atoms with van der Waals surface area (Å²) in [5, 5.41) is 0. The lowest BCUT2D eigenvalue weighted by Gasteiger charge is -2.18. The summed E-state index contributed by atoms with van der Waals surface area (Å²) < 4.78 is 17.0. The fraction of sp³-hybridized carbons (Fsp3) is 0.853. The molecule has 0 heterocycles. The third kappa shape index (κ3) is 68.0. The molecule has 474 valence electrons. The SMILES string of the molecule is CC/C=C\C/C=C\C/C=C\C/C=C\CCCCCCCCCCCCC(=O)OCC(COC(=O)CCCCCCCCCCCCCCCCCCCC)OC(=O)CCCCCCCCCCCCCCCCCCCCCCCC. The molecule has 0 aromatic rings. The molecular formula is C75H138O6. The molecule has 0 fully saturated rings. The van der Waals surface area contributed by atoms with Gasteiger partial charge in [-0.25, -0.2) is 0 Å². The molecule has 0 spiro atoms. The first-order valence-electron chi connectivity index (χ1n) is 36.1. The summed E-state index contributed by atoms with van der Waals surface area (Å²) >= 11 is 0. The van der Waals surface area contributed by atoms with Gasteiger partial charge in [0.2, 0.25) is 0 Å². The highest BCUT2D eigenvalue weighted by atomic mass is 16.6. The molecule has 0 aliphatic carbocycles. The number of carbonyl (C=O) groups is 3. The minimum atomic E-state index is -0.773. The molecule has 0 amide bonds. The van der Waals surface area contributed by atoms with Gasteiger partial charge in [-0.2, -0.15) is 0 Å². The van der Waals surface area contributed by atoms with E-state index in [0.29, 0.717) is 19.3 Å². The van der Waals surface area contributed by atoms with Crippen LogP contribution >= 0.6 is 0 Å². The van der Waals surface area contributed by atoms with Crippen LogP contribution in [-0.2, 0) is 28.6 Å². The molecule has 0 aliphatic rings. The Labute approximate surface area is 505 Å². The zero-order valence-corrected chi connectivity index (χ0v) is 54.6. The largest absolute Gasteiger partial charge is 0.462 e. The van der Waals surface area contributed by atoms with Gasteiger partial charge in [0.1, 0.15) is 13.2 Å². The van der Waals surface area contributed by atoms with Crippen LogP contribution in [0.2, 0.25) is 0 Å². The molecule has 6 nitrogen and oxygen atoms in total. The Morgan fingerprint density at radius 1 is 0.259 bits per heavy atom. The predicted molar refractivity (Wildman–Crippen MR) is 353 cm³/mol. The van der Waals surface area contributed by atoms with Crippen LogP contribution in [0.15, 0.2) is 48.6 Å². The van der Waals surface area contributed by atoms with E-state index in [1.54, 1.807) is 0 Å². The van der Waals surface area contributed by atoms with Gasteiger partial charge in [-0.3, -0.25) is 14.4 Å². The van der Waals surface area contributed by atoms with Crippen molar-refractivity contribution in [3.63, 3.8) is 0 Å². The van der Waals surface area contributed by atoms with E-state index in [9.17, 15) is 14.4 Å².